The van der Waals surface area contributed by atoms with E-state index in [0.29, 0.717) is 16.9 Å². The van der Waals surface area contributed by atoms with Crippen LogP contribution in [0, 0.1) is 0 Å². The van der Waals surface area contributed by atoms with Gasteiger partial charge in [0.25, 0.3) is 5.91 Å². The fourth-order valence-corrected chi connectivity index (χ4v) is 1.74. The fraction of sp³-hybridized carbons (Fsp3) is 0.154. The molecule has 0 radical (unpaired) electrons. The molecule has 0 unspecified atom stereocenters. The molecule has 0 aliphatic heterocycles. The van der Waals surface area contributed by atoms with Gasteiger partial charge < -0.3 is 21.1 Å². The van der Waals surface area contributed by atoms with Crippen molar-refractivity contribution in [3.63, 3.8) is 0 Å². The average Bonchev–Trinajstić information content (AvgIpc) is 2.90. The molecule has 1 amide bonds. The maximum absolute atomic E-state index is 12.0. The van der Waals surface area contributed by atoms with Crippen LogP contribution in [0.1, 0.15) is 16.1 Å². The van der Waals surface area contributed by atoms with Crippen molar-refractivity contribution in [3.05, 3.63) is 48.0 Å². The van der Waals surface area contributed by atoms with Crippen LogP contribution in [0.3, 0.4) is 0 Å². The van der Waals surface area contributed by atoms with E-state index in [4.69, 9.17) is 10.8 Å². The number of nitrogens with one attached hydrogen (secondary N) is 2. The Balaban J connectivity index is 2.08. The number of aromatic nitrogens is 2. The molecule has 1 aromatic heterocycles. The smallest absolute Gasteiger partial charge is 0.326 e. The minimum Gasteiger partial charge on any atom is -0.480 e. The standard InChI is InChI=1S/C13H14N4O3/c14-9-3-1-2-8(4-9)12(18)17-11(13(19)20)5-10-6-15-7-16-10/h1-4,6-7,11H,5,14H2,(H,15,16)(H,17,18)(H,19,20)/t11-/m0/s1. The number of imidazole rings is 1. The summed E-state index contributed by atoms with van der Waals surface area (Å²) >= 11 is 0. The average molecular weight is 274 g/mol. The van der Waals surface area contributed by atoms with Crippen LogP contribution in [-0.2, 0) is 11.2 Å². The lowest BCUT2D eigenvalue weighted by Crippen LogP contribution is -2.42. The molecule has 0 aliphatic rings. The number of nitrogen functional groups attached to an aromatic ring is 1. The molecule has 0 fully saturated rings. The van der Waals surface area contributed by atoms with E-state index < -0.39 is 17.9 Å². The largest absolute Gasteiger partial charge is 0.480 e. The molecule has 1 atom stereocenters. The number of nitrogens with two attached hydrogens (primary N) is 1. The number of anilines is 1. The Kier molecular flexibility index (Phi) is 3.99. The Hall–Kier alpha value is -2.83. The van der Waals surface area contributed by atoms with Crippen LogP contribution < -0.4 is 11.1 Å². The van der Waals surface area contributed by atoms with E-state index >= 15 is 0 Å². The zero-order chi connectivity index (χ0) is 14.5. The number of aromatic amines is 1. The van der Waals surface area contributed by atoms with Crippen LogP contribution in [-0.4, -0.2) is 33.0 Å². The highest BCUT2D eigenvalue weighted by atomic mass is 16.4. The van der Waals surface area contributed by atoms with Gasteiger partial charge in [0.15, 0.2) is 0 Å². The summed E-state index contributed by atoms with van der Waals surface area (Å²) in [5.74, 6) is -1.60. The van der Waals surface area contributed by atoms with Gasteiger partial charge in [-0.05, 0) is 18.2 Å². The molecule has 104 valence electrons. The number of carbonyl (C=O) groups is 2. The van der Waals surface area contributed by atoms with Crippen LogP contribution in [0.4, 0.5) is 5.69 Å². The molecule has 7 nitrogen and oxygen atoms in total. The summed E-state index contributed by atoms with van der Waals surface area (Å²) in [5, 5.41) is 11.6. The highest BCUT2D eigenvalue weighted by Gasteiger charge is 2.21. The van der Waals surface area contributed by atoms with Gasteiger partial charge in [0, 0.05) is 29.6 Å². The van der Waals surface area contributed by atoms with E-state index in [1.165, 1.54) is 18.6 Å². The number of nitrogens with zero attached hydrogens (tertiary/aromatic N) is 1. The van der Waals surface area contributed by atoms with Crippen molar-refractivity contribution in [3.8, 4) is 0 Å². The molecule has 1 aromatic carbocycles. The zero-order valence-electron chi connectivity index (χ0n) is 10.5. The number of rotatable bonds is 5. The lowest BCUT2D eigenvalue weighted by Gasteiger charge is -2.13. The Morgan fingerprint density at radius 1 is 1.45 bits per heavy atom. The Bertz CT molecular complexity index is 610. The summed E-state index contributed by atoms with van der Waals surface area (Å²) in [6.45, 7) is 0. The van der Waals surface area contributed by atoms with Gasteiger partial charge in [0.2, 0.25) is 0 Å². The minimum absolute atomic E-state index is 0.128. The zero-order valence-corrected chi connectivity index (χ0v) is 10.5. The third-order valence-electron chi connectivity index (χ3n) is 2.73. The van der Waals surface area contributed by atoms with Crippen molar-refractivity contribution in [1.29, 1.82) is 0 Å². The first-order valence-corrected chi connectivity index (χ1v) is 5.92. The Morgan fingerprint density at radius 3 is 2.85 bits per heavy atom. The van der Waals surface area contributed by atoms with E-state index in [0.717, 1.165) is 0 Å². The summed E-state index contributed by atoms with van der Waals surface area (Å²) in [4.78, 5) is 29.8. The number of H-pyrrole nitrogens is 1. The topological polar surface area (TPSA) is 121 Å². The second-order valence-electron chi connectivity index (χ2n) is 4.27. The molecular formula is C13H14N4O3. The lowest BCUT2D eigenvalue weighted by molar-refractivity contribution is -0.139. The maximum atomic E-state index is 12.0. The third-order valence-corrected chi connectivity index (χ3v) is 2.73. The third kappa shape index (κ3) is 3.35. The molecule has 5 N–H and O–H groups in total. The van der Waals surface area contributed by atoms with Gasteiger partial charge in [-0.25, -0.2) is 9.78 Å². The van der Waals surface area contributed by atoms with Crippen molar-refractivity contribution >= 4 is 17.6 Å². The van der Waals surface area contributed by atoms with Crippen LogP contribution >= 0.6 is 0 Å². The predicted molar refractivity (Wildman–Crippen MR) is 72.0 cm³/mol. The summed E-state index contributed by atoms with van der Waals surface area (Å²) in [6, 6.07) is 5.31. The summed E-state index contributed by atoms with van der Waals surface area (Å²) in [5.41, 5.74) is 6.98. The molecule has 7 heteroatoms. The van der Waals surface area contributed by atoms with Crippen LogP contribution in [0.5, 0.6) is 0 Å². The molecule has 2 aromatic rings. The molecule has 0 bridgehead atoms. The number of carboxylic acids is 1. The number of hydrogen-bond donors (Lipinski definition) is 4. The van der Waals surface area contributed by atoms with Crippen molar-refractivity contribution < 1.29 is 14.7 Å². The van der Waals surface area contributed by atoms with Crippen molar-refractivity contribution in [1.82, 2.24) is 15.3 Å². The van der Waals surface area contributed by atoms with E-state index in [9.17, 15) is 9.59 Å². The summed E-state index contributed by atoms with van der Waals surface area (Å²) in [6.07, 6.45) is 3.10. The van der Waals surface area contributed by atoms with Gasteiger partial charge in [0.05, 0.1) is 6.33 Å². The molecule has 1 heterocycles. The first-order valence-electron chi connectivity index (χ1n) is 5.92. The summed E-state index contributed by atoms with van der Waals surface area (Å²) < 4.78 is 0. The SMILES string of the molecule is Nc1cccc(C(=O)N[C@@H](Cc2cnc[nH]2)C(=O)O)c1. The monoisotopic (exact) mass is 274 g/mol. The number of hydrogen-bond acceptors (Lipinski definition) is 4. The lowest BCUT2D eigenvalue weighted by atomic mass is 10.1. The number of benzene rings is 1. The van der Waals surface area contributed by atoms with Gasteiger partial charge >= 0.3 is 5.97 Å². The van der Waals surface area contributed by atoms with E-state index in [1.807, 2.05) is 0 Å². The van der Waals surface area contributed by atoms with Crippen LogP contribution in [0.25, 0.3) is 0 Å². The molecular weight excluding hydrogens is 260 g/mol. The molecule has 0 aliphatic carbocycles. The quantitative estimate of drug-likeness (QED) is 0.589. The molecule has 0 saturated heterocycles. The van der Waals surface area contributed by atoms with Crippen molar-refractivity contribution in [2.24, 2.45) is 0 Å². The van der Waals surface area contributed by atoms with E-state index in [-0.39, 0.29) is 6.42 Å². The van der Waals surface area contributed by atoms with Crippen molar-refractivity contribution in [2.75, 3.05) is 5.73 Å². The second kappa shape index (κ2) is 5.87. The summed E-state index contributed by atoms with van der Waals surface area (Å²) in [7, 11) is 0. The number of carbonyl (C=O) groups excluding carboxylic acids is 1. The highest BCUT2D eigenvalue weighted by molar-refractivity contribution is 5.97. The molecule has 0 saturated carbocycles. The van der Waals surface area contributed by atoms with Gasteiger partial charge in [-0.3, -0.25) is 4.79 Å². The second-order valence-corrected chi connectivity index (χ2v) is 4.27. The van der Waals surface area contributed by atoms with Crippen LogP contribution in [0.15, 0.2) is 36.8 Å². The number of aliphatic carboxylic acids is 1. The van der Waals surface area contributed by atoms with E-state index in [1.54, 1.807) is 18.2 Å². The highest BCUT2D eigenvalue weighted by Crippen LogP contribution is 2.07. The maximum Gasteiger partial charge on any atom is 0.326 e. The normalized spacial score (nSPS) is 11.8. The number of carboxylic acid groups (broad SMARTS) is 1. The van der Waals surface area contributed by atoms with Crippen molar-refractivity contribution in [2.45, 2.75) is 12.5 Å². The Morgan fingerprint density at radius 2 is 2.25 bits per heavy atom. The van der Waals surface area contributed by atoms with Crippen LogP contribution in [0.2, 0.25) is 0 Å². The fourth-order valence-electron chi connectivity index (χ4n) is 1.74. The molecule has 20 heavy (non-hydrogen) atoms. The first-order chi connectivity index (χ1) is 9.56. The van der Waals surface area contributed by atoms with Gasteiger partial charge in [-0.15, -0.1) is 0 Å². The number of amides is 1. The molecule has 2 rings (SSSR count). The van der Waals surface area contributed by atoms with E-state index in [2.05, 4.69) is 15.3 Å². The predicted octanol–water partition coefficient (Wildman–Crippen LogP) is 0.418. The van der Waals surface area contributed by atoms with Gasteiger partial charge in [-0.2, -0.15) is 0 Å². The Labute approximate surface area is 114 Å². The first kappa shape index (κ1) is 13.6. The van der Waals surface area contributed by atoms with Gasteiger partial charge in [-0.1, -0.05) is 6.07 Å². The minimum atomic E-state index is -1.11. The van der Waals surface area contributed by atoms with Gasteiger partial charge in [0.1, 0.15) is 6.04 Å². The molecule has 0 spiro atoms.